The molecule has 5 nitrogen and oxygen atoms in total. The zero-order valence-corrected chi connectivity index (χ0v) is 16.1. The molecule has 1 N–H and O–H groups in total. The summed E-state index contributed by atoms with van der Waals surface area (Å²) in [6.07, 6.45) is 2.87. The molecule has 0 radical (unpaired) electrons. The topological polar surface area (TPSA) is 66.5 Å². The van der Waals surface area contributed by atoms with Crippen molar-refractivity contribution in [3.05, 3.63) is 51.9 Å². The molecule has 0 bridgehead atoms. The normalized spacial score (nSPS) is 17.3. The lowest BCUT2D eigenvalue weighted by Gasteiger charge is -2.27. The van der Waals surface area contributed by atoms with E-state index in [0.29, 0.717) is 4.34 Å². The number of amides is 1. The van der Waals surface area contributed by atoms with Crippen molar-refractivity contribution in [3.8, 4) is 0 Å². The number of carbonyl (C=O) groups is 1. The molecule has 1 atom stereocenters. The predicted octanol–water partition coefficient (Wildman–Crippen LogP) is 3.22. The van der Waals surface area contributed by atoms with Crippen LogP contribution in [0, 0.1) is 0 Å². The Bertz CT molecular complexity index is 880. The van der Waals surface area contributed by atoms with Crippen LogP contribution in [0.4, 0.5) is 0 Å². The van der Waals surface area contributed by atoms with E-state index >= 15 is 0 Å². The predicted molar refractivity (Wildman–Crippen MR) is 99.4 cm³/mol. The number of rotatable bonds is 5. The molecule has 1 aliphatic carbocycles. The summed E-state index contributed by atoms with van der Waals surface area (Å²) >= 11 is 6.79. The minimum absolute atomic E-state index is 0.0651. The number of halogens is 1. The molecular weight excluding hydrogens is 380 g/mol. The Morgan fingerprint density at radius 2 is 2.08 bits per heavy atom. The van der Waals surface area contributed by atoms with Gasteiger partial charge < -0.3 is 5.32 Å². The van der Waals surface area contributed by atoms with E-state index in [0.717, 1.165) is 40.5 Å². The SMILES string of the molecule is CN(CC(=O)NC1CCCc2ccccc21)S(=O)(=O)c1ccc(Cl)s1. The van der Waals surface area contributed by atoms with Gasteiger partial charge in [0.2, 0.25) is 5.91 Å². The zero-order chi connectivity index (χ0) is 18.0. The highest BCUT2D eigenvalue weighted by molar-refractivity contribution is 7.91. The van der Waals surface area contributed by atoms with Gasteiger partial charge >= 0.3 is 0 Å². The molecule has 1 aliphatic rings. The first-order chi connectivity index (χ1) is 11.9. The summed E-state index contributed by atoms with van der Waals surface area (Å²) in [5, 5.41) is 2.97. The molecule has 2 aromatic rings. The van der Waals surface area contributed by atoms with Gasteiger partial charge in [0.1, 0.15) is 4.21 Å². The van der Waals surface area contributed by atoms with E-state index in [-0.39, 0.29) is 22.7 Å². The minimum atomic E-state index is -3.71. The highest BCUT2D eigenvalue weighted by Crippen LogP contribution is 2.30. The number of nitrogens with zero attached hydrogens (tertiary/aromatic N) is 1. The van der Waals surface area contributed by atoms with Crippen molar-refractivity contribution < 1.29 is 13.2 Å². The first kappa shape index (κ1) is 18.4. The second kappa shape index (κ2) is 7.45. The lowest BCUT2D eigenvalue weighted by atomic mass is 9.88. The number of sulfonamides is 1. The van der Waals surface area contributed by atoms with Crippen molar-refractivity contribution in [1.82, 2.24) is 9.62 Å². The fraction of sp³-hybridized carbons (Fsp3) is 0.353. The Balaban J connectivity index is 1.67. The van der Waals surface area contributed by atoms with Crippen LogP contribution in [0.5, 0.6) is 0 Å². The average molecular weight is 399 g/mol. The van der Waals surface area contributed by atoms with Crippen LogP contribution in [0.25, 0.3) is 0 Å². The van der Waals surface area contributed by atoms with E-state index in [9.17, 15) is 13.2 Å². The monoisotopic (exact) mass is 398 g/mol. The lowest BCUT2D eigenvalue weighted by Crippen LogP contribution is -2.40. The Labute approximate surface area is 156 Å². The molecular formula is C17H19ClN2O3S2. The summed E-state index contributed by atoms with van der Waals surface area (Å²) in [5.41, 5.74) is 2.37. The summed E-state index contributed by atoms with van der Waals surface area (Å²) in [6.45, 7) is -0.226. The summed E-state index contributed by atoms with van der Waals surface area (Å²) in [7, 11) is -2.31. The van der Waals surface area contributed by atoms with Crippen LogP contribution in [0.3, 0.4) is 0 Å². The van der Waals surface area contributed by atoms with E-state index in [1.54, 1.807) is 0 Å². The smallest absolute Gasteiger partial charge is 0.252 e. The second-order valence-corrected chi connectivity index (χ2v) is 10.0. The maximum absolute atomic E-state index is 12.5. The van der Waals surface area contributed by atoms with Gasteiger partial charge in [0, 0.05) is 7.05 Å². The van der Waals surface area contributed by atoms with Gasteiger partial charge in [-0.05, 0) is 42.5 Å². The number of benzene rings is 1. The van der Waals surface area contributed by atoms with Crippen LogP contribution in [-0.2, 0) is 21.2 Å². The molecule has 1 unspecified atom stereocenters. The van der Waals surface area contributed by atoms with E-state index in [1.165, 1.54) is 24.7 Å². The van der Waals surface area contributed by atoms with Gasteiger partial charge in [-0.3, -0.25) is 4.79 Å². The second-order valence-electron chi connectivity index (χ2n) is 6.03. The molecule has 1 amide bonds. The van der Waals surface area contributed by atoms with Crippen LogP contribution >= 0.6 is 22.9 Å². The number of fused-ring (bicyclic) bond motifs is 1. The molecule has 0 aliphatic heterocycles. The van der Waals surface area contributed by atoms with E-state index < -0.39 is 10.0 Å². The molecule has 0 saturated carbocycles. The summed E-state index contributed by atoms with van der Waals surface area (Å²) in [6, 6.07) is 11.0. The largest absolute Gasteiger partial charge is 0.348 e. The van der Waals surface area contributed by atoms with Crippen LogP contribution in [0.15, 0.2) is 40.6 Å². The number of carbonyl (C=O) groups excluding carboxylic acids is 1. The van der Waals surface area contributed by atoms with E-state index in [2.05, 4.69) is 11.4 Å². The molecule has 1 aromatic heterocycles. The van der Waals surface area contributed by atoms with Crippen LogP contribution in [0.1, 0.15) is 30.0 Å². The number of likely N-dealkylation sites (N-methyl/N-ethyl adjacent to an activating group) is 1. The van der Waals surface area contributed by atoms with Crippen molar-refractivity contribution in [2.24, 2.45) is 0 Å². The van der Waals surface area contributed by atoms with E-state index in [1.807, 2.05) is 18.2 Å². The van der Waals surface area contributed by atoms with Crippen molar-refractivity contribution in [2.75, 3.05) is 13.6 Å². The van der Waals surface area contributed by atoms with Gasteiger partial charge in [-0.15, -0.1) is 11.3 Å². The third-order valence-electron chi connectivity index (χ3n) is 4.28. The van der Waals surface area contributed by atoms with E-state index in [4.69, 9.17) is 11.6 Å². The van der Waals surface area contributed by atoms with Gasteiger partial charge in [-0.25, -0.2) is 8.42 Å². The number of hydrogen-bond donors (Lipinski definition) is 1. The Morgan fingerprint density at radius 3 is 2.80 bits per heavy atom. The summed E-state index contributed by atoms with van der Waals surface area (Å²) in [4.78, 5) is 12.4. The van der Waals surface area contributed by atoms with Gasteiger partial charge in [0.05, 0.1) is 16.9 Å². The Kier molecular flexibility index (Phi) is 5.48. The first-order valence-electron chi connectivity index (χ1n) is 7.97. The standard InChI is InChI=1S/C17H19ClN2O3S2/c1-20(25(22,23)17-10-9-15(18)24-17)11-16(21)19-14-8-4-6-12-5-2-3-7-13(12)14/h2-3,5,7,9-10,14H,4,6,8,11H2,1H3,(H,19,21). The maximum Gasteiger partial charge on any atom is 0.252 e. The Hall–Kier alpha value is -1.41. The molecule has 0 fully saturated rings. The van der Waals surface area contributed by atoms with Gasteiger partial charge in [0.15, 0.2) is 0 Å². The molecule has 3 rings (SSSR count). The molecule has 25 heavy (non-hydrogen) atoms. The third-order valence-corrected chi connectivity index (χ3v) is 7.79. The average Bonchev–Trinajstić information content (AvgIpc) is 3.02. The molecule has 134 valence electrons. The summed E-state index contributed by atoms with van der Waals surface area (Å²) < 4.78 is 26.5. The Morgan fingerprint density at radius 1 is 1.32 bits per heavy atom. The molecule has 0 saturated heterocycles. The van der Waals surface area contributed by atoms with Crippen molar-refractivity contribution >= 4 is 38.9 Å². The summed E-state index contributed by atoms with van der Waals surface area (Å²) in [5.74, 6) is -0.310. The van der Waals surface area contributed by atoms with Crippen molar-refractivity contribution in [3.63, 3.8) is 0 Å². The zero-order valence-electron chi connectivity index (χ0n) is 13.7. The highest BCUT2D eigenvalue weighted by atomic mass is 35.5. The number of aryl methyl sites for hydroxylation is 1. The van der Waals surface area contributed by atoms with Crippen LogP contribution in [-0.4, -0.2) is 32.2 Å². The lowest BCUT2D eigenvalue weighted by molar-refractivity contribution is -0.122. The van der Waals surface area contributed by atoms with Crippen LogP contribution < -0.4 is 5.32 Å². The third kappa shape index (κ3) is 4.06. The van der Waals surface area contributed by atoms with Gasteiger partial charge in [-0.1, -0.05) is 35.9 Å². The first-order valence-corrected chi connectivity index (χ1v) is 10.6. The maximum atomic E-state index is 12.5. The van der Waals surface area contributed by atoms with Crippen LogP contribution in [0.2, 0.25) is 4.34 Å². The number of hydrogen-bond acceptors (Lipinski definition) is 4. The molecule has 0 spiro atoms. The number of thiophene rings is 1. The van der Waals surface area contributed by atoms with Crippen molar-refractivity contribution in [1.29, 1.82) is 0 Å². The quantitative estimate of drug-likeness (QED) is 0.840. The molecule has 8 heteroatoms. The minimum Gasteiger partial charge on any atom is -0.348 e. The molecule has 1 aromatic carbocycles. The fourth-order valence-electron chi connectivity index (χ4n) is 3.02. The fourth-order valence-corrected chi connectivity index (χ4v) is 5.84. The molecule has 1 heterocycles. The van der Waals surface area contributed by atoms with Crippen molar-refractivity contribution in [2.45, 2.75) is 29.5 Å². The van der Waals surface area contributed by atoms with Gasteiger partial charge in [-0.2, -0.15) is 4.31 Å². The van der Waals surface area contributed by atoms with Gasteiger partial charge in [0.25, 0.3) is 10.0 Å². The highest BCUT2D eigenvalue weighted by Gasteiger charge is 2.27. The number of nitrogens with one attached hydrogen (secondary N) is 1.